The van der Waals surface area contributed by atoms with E-state index in [-0.39, 0.29) is 35.3 Å². The quantitative estimate of drug-likeness (QED) is 0.526. The summed E-state index contributed by atoms with van der Waals surface area (Å²) in [7, 11) is 0. The van der Waals surface area contributed by atoms with Crippen molar-refractivity contribution in [3.63, 3.8) is 0 Å². The van der Waals surface area contributed by atoms with E-state index in [9.17, 15) is 22.8 Å². The molecular weight excluding hydrogens is 477 g/mol. The Labute approximate surface area is 197 Å². The summed E-state index contributed by atoms with van der Waals surface area (Å²) >= 11 is 7.81. The van der Waals surface area contributed by atoms with Gasteiger partial charge in [-0.1, -0.05) is 11.6 Å². The van der Waals surface area contributed by atoms with E-state index in [1.165, 1.54) is 10.9 Å². The number of rotatable bonds is 5. The Hall–Kier alpha value is -2.85. The monoisotopic (exact) mass is 496 g/mol. The molecular formula is C22H20ClF3N4O2S. The summed E-state index contributed by atoms with van der Waals surface area (Å²) in [5.41, 5.74) is 0.732. The van der Waals surface area contributed by atoms with Crippen LogP contribution in [0.3, 0.4) is 0 Å². The van der Waals surface area contributed by atoms with Crippen molar-refractivity contribution >= 4 is 40.6 Å². The zero-order valence-electron chi connectivity index (χ0n) is 17.6. The lowest BCUT2D eigenvalue weighted by Crippen LogP contribution is -2.35. The van der Waals surface area contributed by atoms with Crippen molar-refractivity contribution in [2.24, 2.45) is 0 Å². The highest BCUT2D eigenvalue weighted by Crippen LogP contribution is 2.34. The minimum absolute atomic E-state index is 0.00847. The van der Waals surface area contributed by atoms with Crippen LogP contribution in [-0.4, -0.2) is 33.0 Å². The molecule has 1 aliphatic heterocycles. The molecule has 0 fully saturated rings. The third-order valence-corrected chi connectivity index (χ3v) is 6.67. The molecule has 6 nitrogen and oxygen atoms in total. The molecule has 1 aromatic carbocycles. The van der Waals surface area contributed by atoms with E-state index in [4.69, 9.17) is 11.6 Å². The molecule has 3 aromatic rings. The van der Waals surface area contributed by atoms with Gasteiger partial charge in [0.25, 0.3) is 0 Å². The fourth-order valence-corrected chi connectivity index (χ4v) is 4.76. The highest BCUT2D eigenvalue weighted by molar-refractivity contribution is 7.10. The summed E-state index contributed by atoms with van der Waals surface area (Å²) < 4.78 is 40.6. The Bertz CT molecular complexity index is 1200. The number of carbonyl (C=O) groups excluding carboxylic acids is 2. The molecule has 1 aliphatic rings. The van der Waals surface area contributed by atoms with Gasteiger partial charge in [-0.3, -0.25) is 9.59 Å². The number of nitrogens with one attached hydrogen (secondary N) is 1. The summed E-state index contributed by atoms with van der Waals surface area (Å²) in [6.45, 7) is 2.81. The zero-order valence-corrected chi connectivity index (χ0v) is 19.2. The lowest BCUT2D eigenvalue weighted by Gasteiger charge is -2.27. The molecule has 4 rings (SSSR count). The highest BCUT2D eigenvalue weighted by atomic mass is 35.5. The molecule has 0 bridgehead atoms. The molecule has 0 saturated heterocycles. The van der Waals surface area contributed by atoms with Crippen LogP contribution in [0.5, 0.6) is 0 Å². The normalized spacial score (nSPS) is 13.7. The van der Waals surface area contributed by atoms with Gasteiger partial charge in [0.05, 0.1) is 22.0 Å². The van der Waals surface area contributed by atoms with Crippen molar-refractivity contribution in [3.8, 4) is 5.69 Å². The molecule has 33 heavy (non-hydrogen) atoms. The lowest BCUT2D eigenvalue weighted by atomic mass is 10.1. The predicted molar refractivity (Wildman–Crippen MR) is 120 cm³/mol. The predicted octanol–water partition coefficient (Wildman–Crippen LogP) is 5.22. The lowest BCUT2D eigenvalue weighted by molar-refractivity contribution is -0.137. The van der Waals surface area contributed by atoms with E-state index in [2.05, 4.69) is 10.4 Å². The first kappa shape index (κ1) is 23.3. The second-order valence-corrected chi connectivity index (χ2v) is 9.14. The Kier molecular flexibility index (Phi) is 6.49. The maximum Gasteiger partial charge on any atom is 0.416 e. The topological polar surface area (TPSA) is 67.2 Å². The van der Waals surface area contributed by atoms with Gasteiger partial charge in [0.2, 0.25) is 11.8 Å². The van der Waals surface area contributed by atoms with Crippen molar-refractivity contribution < 1.29 is 22.8 Å². The van der Waals surface area contributed by atoms with Gasteiger partial charge in [0, 0.05) is 36.9 Å². The van der Waals surface area contributed by atoms with E-state index in [0.29, 0.717) is 18.8 Å². The molecule has 1 N–H and O–H groups in total. The molecule has 0 saturated carbocycles. The average Bonchev–Trinajstić information content (AvgIpc) is 3.37. The third kappa shape index (κ3) is 5.22. The summed E-state index contributed by atoms with van der Waals surface area (Å²) in [5, 5.41) is 8.87. The summed E-state index contributed by atoms with van der Waals surface area (Å²) in [5.74, 6) is -0.388. The molecule has 0 spiro atoms. The number of hydrogen-bond acceptors (Lipinski definition) is 4. The Morgan fingerprint density at radius 2 is 2.00 bits per heavy atom. The highest BCUT2D eigenvalue weighted by Gasteiger charge is 2.31. The van der Waals surface area contributed by atoms with E-state index >= 15 is 0 Å². The van der Waals surface area contributed by atoms with Crippen LogP contribution in [0.1, 0.15) is 34.5 Å². The summed E-state index contributed by atoms with van der Waals surface area (Å²) in [6, 6.07) is 6.43. The number of amides is 2. The molecule has 0 unspecified atom stereocenters. The maximum atomic E-state index is 13.1. The first-order valence-corrected chi connectivity index (χ1v) is 11.4. The smallest absolute Gasteiger partial charge is 0.338 e. The largest absolute Gasteiger partial charge is 0.416 e. The number of nitrogens with zero attached hydrogens (tertiary/aromatic N) is 3. The number of benzene rings is 1. The second-order valence-electron chi connectivity index (χ2n) is 7.73. The van der Waals surface area contributed by atoms with Crippen molar-refractivity contribution in [1.29, 1.82) is 0 Å². The first-order valence-electron chi connectivity index (χ1n) is 10.2. The first-order chi connectivity index (χ1) is 15.6. The van der Waals surface area contributed by atoms with Gasteiger partial charge >= 0.3 is 6.18 Å². The summed E-state index contributed by atoms with van der Waals surface area (Å²) in [6.07, 6.45) is -3.78. The Morgan fingerprint density at radius 1 is 1.21 bits per heavy atom. The van der Waals surface area contributed by atoms with Crippen molar-refractivity contribution in [2.75, 3.05) is 11.9 Å². The van der Waals surface area contributed by atoms with Gasteiger partial charge in [-0.15, -0.1) is 11.3 Å². The fraction of sp³-hybridized carbons (Fsp3) is 0.318. The van der Waals surface area contributed by atoms with E-state index in [0.717, 1.165) is 34.9 Å². The minimum atomic E-state index is -4.55. The number of halogens is 4. The molecule has 174 valence electrons. The van der Waals surface area contributed by atoms with Gasteiger partial charge in [-0.05, 0) is 48.6 Å². The number of hydrogen-bond donors (Lipinski definition) is 1. The van der Waals surface area contributed by atoms with Gasteiger partial charge in [-0.2, -0.15) is 18.3 Å². The van der Waals surface area contributed by atoms with Crippen LogP contribution in [0.15, 0.2) is 35.7 Å². The van der Waals surface area contributed by atoms with Gasteiger partial charge in [0.15, 0.2) is 0 Å². The number of thiophene rings is 1. The zero-order chi connectivity index (χ0) is 23.8. The fourth-order valence-electron chi connectivity index (χ4n) is 3.67. The van der Waals surface area contributed by atoms with Crippen molar-refractivity contribution in [3.05, 3.63) is 62.4 Å². The SMILES string of the molecule is Cc1cc(NC(=O)CCC(=O)N2CCc3sccc3C2)n(-c2cc(C(F)(F)F)ccc2Cl)n1. The Balaban J connectivity index is 1.43. The number of fused-ring (bicyclic) bond motifs is 1. The number of alkyl halides is 3. The Morgan fingerprint density at radius 3 is 2.76 bits per heavy atom. The molecule has 2 aromatic heterocycles. The van der Waals surface area contributed by atoms with Gasteiger partial charge in [0.1, 0.15) is 5.82 Å². The average molecular weight is 497 g/mol. The second kappa shape index (κ2) is 9.18. The minimum Gasteiger partial charge on any atom is -0.338 e. The molecule has 0 atom stereocenters. The standard InChI is InChI=1S/C22H20ClF3N4O2S/c1-13-10-19(30(28-13)17-11-15(22(24,25)26)2-3-16(17)23)27-20(31)4-5-21(32)29-8-6-18-14(12-29)7-9-33-18/h2-3,7,9-11H,4-6,8,12H2,1H3,(H,27,31). The number of carbonyl (C=O) groups is 2. The van der Waals surface area contributed by atoms with Crippen LogP contribution in [0.25, 0.3) is 5.69 Å². The molecule has 3 heterocycles. The van der Waals surface area contributed by atoms with Crippen LogP contribution >= 0.6 is 22.9 Å². The molecule has 0 radical (unpaired) electrons. The number of anilines is 1. The van der Waals surface area contributed by atoms with E-state index in [1.54, 1.807) is 23.2 Å². The third-order valence-electron chi connectivity index (χ3n) is 5.33. The van der Waals surface area contributed by atoms with Gasteiger partial charge < -0.3 is 10.2 Å². The van der Waals surface area contributed by atoms with Crippen LogP contribution in [0, 0.1) is 6.92 Å². The van der Waals surface area contributed by atoms with Crippen LogP contribution < -0.4 is 5.32 Å². The van der Waals surface area contributed by atoms with Crippen LogP contribution in [0.4, 0.5) is 19.0 Å². The van der Waals surface area contributed by atoms with Crippen molar-refractivity contribution in [1.82, 2.24) is 14.7 Å². The van der Waals surface area contributed by atoms with E-state index < -0.39 is 17.6 Å². The van der Waals surface area contributed by atoms with Crippen molar-refractivity contribution in [2.45, 2.75) is 38.9 Å². The number of aromatic nitrogens is 2. The van der Waals surface area contributed by atoms with E-state index in [1.807, 2.05) is 11.4 Å². The molecule has 2 amide bonds. The maximum absolute atomic E-state index is 13.1. The number of aryl methyl sites for hydroxylation is 1. The summed E-state index contributed by atoms with van der Waals surface area (Å²) in [4.78, 5) is 28.1. The van der Waals surface area contributed by atoms with Crippen LogP contribution in [0.2, 0.25) is 5.02 Å². The van der Waals surface area contributed by atoms with Gasteiger partial charge in [-0.25, -0.2) is 4.68 Å². The van der Waals surface area contributed by atoms with Crippen LogP contribution in [-0.2, 0) is 28.7 Å². The molecule has 11 heteroatoms. The molecule has 0 aliphatic carbocycles.